The van der Waals surface area contributed by atoms with Gasteiger partial charge in [-0.05, 0) is 50.6 Å². The third-order valence-corrected chi connectivity index (χ3v) is 4.70. The lowest BCUT2D eigenvalue weighted by atomic mass is 10.0. The first kappa shape index (κ1) is 16.7. The molecule has 0 radical (unpaired) electrons. The van der Waals surface area contributed by atoms with E-state index in [1.807, 2.05) is 20.2 Å². The topological polar surface area (TPSA) is 61.0 Å². The Morgan fingerprint density at radius 3 is 2.62 bits per heavy atom. The first-order valence-electron chi connectivity index (χ1n) is 8.67. The Labute approximate surface area is 143 Å². The average molecular weight is 326 g/mol. The van der Waals surface area contributed by atoms with E-state index in [0.29, 0.717) is 18.2 Å². The molecule has 24 heavy (non-hydrogen) atoms. The fraction of sp³-hybridized carbons (Fsp3) is 0.474. The molecule has 2 aromatic rings. The van der Waals surface area contributed by atoms with Crippen molar-refractivity contribution in [2.45, 2.75) is 38.1 Å². The van der Waals surface area contributed by atoms with Crippen molar-refractivity contribution >= 4 is 5.91 Å². The van der Waals surface area contributed by atoms with Crippen molar-refractivity contribution in [1.29, 1.82) is 0 Å². The maximum atomic E-state index is 12.3. The Kier molecular flexibility index (Phi) is 5.00. The van der Waals surface area contributed by atoms with Crippen molar-refractivity contribution in [1.82, 2.24) is 20.4 Å². The number of amides is 1. The van der Waals surface area contributed by atoms with E-state index in [4.69, 9.17) is 0 Å². The molecule has 1 aliphatic carbocycles. The van der Waals surface area contributed by atoms with Crippen molar-refractivity contribution in [2.75, 3.05) is 20.6 Å². The summed E-state index contributed by atoms with van der Waals surface area (Å²) in [7, 11) is 4.06. The van der Waals surface area contributed by atoms with E-state index >= 15 is 0 Å². The Morgan fingerprint density at radius 1 is 1.33 bits per heavy atom. The van der Waals surface area contributed by atoms with Gasteiger partial charge in [-0.25, -0.2) is 0 Å². The minimum Gasteiger partial charge on any atom is -0.349 e. The van der Waals surface area contributed by atoms with Gasteiger partial charge in [0.15, 0.2) is 0 Å². The van der Waals surface area contributed by atoms with Crippen LogP contribution < -0.4 is 5.32 Å². The van der Waals surface area contributed by atoms with Crippen molar-refractivity contribution < 1.29 is 4.79 Å². The predicted molar refractivity (Wildman–Crippen MR) is 95.1 cm³/mol. The number of carbonyl (C=O) groups is 1. The molecule has 0 saturated heterocycles. The number of aryl methyl sites for hydroxylation is 1. The Morgan fingerprint density at radius 2 is 2.04 bits per heavy atom. The molecule has 3 rings (SSSR count). The van der Waals surface area contributed by atoms with Crippen LogP contribution in [0.5, 0.6) is 0 Å². The molecular formula is C19H26N4O. The number of hydrogen-bond acceptors (Lipinski definition) is 3. The molecule has 128 valence electrons. The highest BCUT2D eigenvalue weighted by Crippen LogP contribution is 2.38. The zero-order chi connectivity index (χ0) is 17.1. The minimum absolute atomic E-state index is 0.116. The third kappa shape index (κ3) is 3.85. The maximum Gasteiger partial charge on any atom is 0.271 e. The highest BCUT2D eigenvalue weighted by atomic mass is 16.1. The van der Waals surface area contributed by atoms with E-state index in [1.165, 1.54) is 24.0 Å². The van der Waals surface area contributed by atoms with Gasteiger partial charge in [0.25, 0.3) is 5.91 Å². The van der Waals surface area contributed by atoms with Gasteiger partial charge in [-0.15, -0.1) is 0 Å². The molecule has 1 saturated carbocycles. The van der Waals surface area contributed by atoms with Crippen LogP contribution in [0.15, 0.2) is 30.3 Å². The summed E-state index contributed by atoms with van der Waals surface area (Å²) in [6.07, 6.45) is 3.42. The molecule has 1 unspecified atom stereocenters. The lowest BCUT2D eigenvalue weighted by Crippen LogP contribution is -2.34. The second kappa shape index (κ2) is 7.18. The number of nitrogens with one attached hydrogen (secondary N) is 2. The number of likely N-dealkylation sites (N-methyl/N-ethyl adjacent to an activating group) is 1. The summed E-state index contributed by atoms with van der Waals surface area (Å²) in [6, 6.07) is 10.6. The van der Waals surface area contributed by atoms with Crippen LogP contribution in [0.25, 0.3) is 0 Å². The number of carbonyl (C=O) groups excluding carboxylic acids is 1. The van der Waals surface area contributed by atoms with Crippen molar-refractivity contribution in [3.8, 4) is 0 Å². The molecular weight excluding hydrogens is 300 g/mol. The molecule has 1 aromatic carbocycles. The van der Waals surface area contributed by atoms with E-state index < -0.39 is 0 Å². The molecule has 1 aromatic heterocycles. The molecule has 5 nitrogen and oxygen atoms in total. The number of rotatable bonds is 7. The standard InChI is InChI=1S/C19H26N4O/c1-4-13-5-7-15(8-6-13)18(23(2)3)12-20-19(24)17-11-16(21-22-17)14-9-10-14/h5-8,11,14,18H,4,9-10,12H2,1-3H3,(H,20,24)(H,21,22). The second-order valence-corrected chi connectivity index (χ2v) is 6.77. The van der Waals surface area contributed by atoms with E-state index in [1.54, 1.807) is 0 Å². The van der Waals surface area contributed by atoms with Crippen LogP contribution in [0, 0.1) is 0 Å². The van der Waals surface area contributed by atoms with Gasteiger partial charge >= 0.3 is 0 Å². The van der Waals surface area contributed by atoms with Crippen LogP contribution >= 0.6 is 0 Å². The van der Waals surface area contributed by atoms with E-state index in [2.05, 4.69) is 51.6 Å². The Balaban J connectivity index is 1.63. The van der Waals surface area contributed by atoms with Gasteiger partial charge in [0.1, 0.15) is 5.69 Å². The van der Waals surface area contributed by atoms with Gasteiger partial charge in [-0.3, -0.25) is 9.89 Å². The van der Waals surface area contributed by atoms with Crippen molar-refractivity contribution in [2.24, 2.45) is 0 Å². The first-order valence-corrected chi connectivity index (χ1v) is 8.67. The Bertz CT molecular complexity index is 686. The average Bonchev–Trinajstić information content (AvgIpc) is 3.32. The SMILES string of the molecule is CCc1ccc(C(CNC(=O)c2cc(C3CC3)[nH]n2)N(C)C)cc1. The van der Waals surface area contributed by atoms with Crippen LogP contribution in [0.4, 0.5) is 0 Å². The fourth-order valence-corrected chi connectivity index (χ4v) is 2.91. The van der Waals surface area contributed by atoms with Gasteiger partial charge in [0.2, 0.25) is 0 Å². The van der Waals surface area contributed by atoms with Crippen LogP contribution in [0.1, 0.15) is 59.0 Å². The lowest BCUT2D eigenvalue weighted by Gasteiger charge is -2.25. The maximum absolute atomic E-state index is 12.3. The number of nitrogens with zero attached hydrogens (tertiary/aromatic N) is 2. The molecule has 0 bridgehead atoms. The van der Waals surface area contributed by atoms with Crippen LogP contribution in [0.3, 0.4) is 0 Å². The van der Waals surface area contributed by atoms with E-state index in [9.17, 15) is 4.79 Å². The van der Waals surface area contributed by atoms with Gasteiger partial charge in [-0.1, -0.05) is 31.2 Å². The van der Waals surface area contributed by atoms with E-state index in [-0.39, 0.29) is 11.9 Å². The minimum atomic E-state index is -0.116. The summed E-state index contributed by atoms with van der Waals surface area (Å²) < 4.78 is 0. The quantitative estimate of drug-likeness (QED) is 0.822. The van der Waals surface area contributed by atoms with Crippen LogP contribution in [-0.4, -0.2) is 41.6 Å². The molecule has 5 heteroatoms. The normalized spacial score (nSPS) is 15.5. The first-order chi connectivity index (χ1) is 11.6. The highest BCUT2D eigenvalue weighted by molar-refractivity contribution is 5.92. The zero-order valence-electron chi connectivity index (χ0n) is 14.7. The summed E-state index contributed by atoms with van der Waals surface area (Å²) in [6.45, 7) is 2.71. The largest absolute Gasteiger partial charge is 0.349 e. The van der Waals surface area contributed by atoms with Gasteiger partial charge in [-0.2, -0.15) is 5.10 Å². The van der Waals surface area contributed by atoms with Crippen molar-refractivity contribution in [3.05, 3.63) is 52.8 Å². The molecule has 1 fully saturated rings. The smallest absolute Gasteiger partial charge is 0.271 e. The van der Waals surface area contributed by atoms with Gasteiger partial charge < -0.3 is 10.2 Å². The molecule has 1 heterocycles. The summed E-state index contributed by atoms with van der Waals surface area (Å²) >= 11 is 0. The number of hydrogen-bond donors (Lipinski definition) is 2. The summed E-state index contributed by atoms with van der Waals surface area (Å²) in [4.78, 5) is 14.5. The monoisotopic (exact) mass is 326 g/mol. The second-order valence-electron chi connectivity index (χ2n) is 6.77. The molecule has 1 amide bonds. The molecule has 1 atom stereocenters. The van der Waals surface area contributed by atoms with Gasteiger partial charge in [0, 0.05) is 18.2 Å². The highest BCUT2D eigenvalue weighted by Gasteiger charge is 2.26. The van der Waals surface area contributed by atoms with Crippen molar-refractivity contribution in [3.63, 3.8) is 0 Å². The molecule has 0 aliphatic heterocycles. The lowest BCUT2D eigenvalue weighted by molar-refractivity contribution is 0.0937. The Hall–Kier alpha value is -2.14. The number of aromatic nitrogens is 2. The number of benzene rings is 1. The zero-order valence-corrected chi connectivity index (χ0v) is 14.7. The fourth-order valence-electron chi connectivity index (χ4n) is 2.91. The summed E-state index contributed by atoms with van der Waals surface area (Å²) in [5, 5.41) is 10.1. The summed E-state index contributed by atoms with van der Waals surface area (Å²) in [5.41, 5.74) is 4.10. The molecule has 1 aliphatic rings. The molecule has 0 spiro atoms. The number of aromatic amines is 1. The van der Waals surface area contributed by atoms with Crippen LogP contribution in [-0.2, 0) is 6.42 Å². The third-order valence-electron chi connectivity index (χ3n) is 4.70. The molecule has 2 N–H and O–H groups in total. The number of H-pyrrole nitrogens is 1. The predicted octanol–water partition coefficient (Wildman–Crippen LogP) is 2.88. The van der Waals surface area contributed by atoms with Crippen LogP contribution in [0.2, 0.25) is 0 Å². The summed E-state index contributed by atoms with van der Waals surface area (Å²) in [5.74, 6) is 0.459. The van der Waals surface area contributed by atoms with E-state index in [0.717, 1.165) is 12.1 Å². The van der Waals surface area contributed by atoms with Gasteiger partial charge in [0.05, 0.1) is 6.04 Å².